The number of rotatable bonds is 11. The number of benzene rings is 3. The number of amides is 1. The van der Waals surface area contributed by atoms with Crippen molar-refractivity contribution in [2.75, 3.05) is 23.8 Å². The van der Waals surface area contributed by atoms with Gasteiger partial charge in [0.25, 0.3) is 5.91 Å². The zero-order chi connectivity index (χ0) is 33.7. The SMILES string of the molecule is CCS(=O)(=O)c1ccc([C@H](CC#N)NC(=O)c2ccc(N3CC(Oc4ccc(C(F)(F)F)cc4)C[C@H]3COC(F)(F)F)cc2)cc1. The van der Waals surface area contributed by atoms with Crippen molar-refractivity contribution in [1.82, 2.24) is 5.32 Å². The van der Waals surface area contributed by atoms with Gasteiger partial charge in [-0.1, -0.05) is 19.1 Å². The van der Waals surface area contributed by atoms with E-state index in [0.29, 0.717) is 11.3 Å². The minimum atomic E-state index is -4.88. The molecule has 3 aromatic carbocycles. The molecule has 1 saturated heterocycles. The summed E-state index contributed by atoms with van der Waals surface area (Å²) in [5.74, 6) is -0.504. The number of nitriles is 1. The predicted molar refractivity (Wildman–Crippen MR) is 155 cm³/mol. The maximum Gasteiger partial charge on any atom is 0.522 e. The summed E-state index contributed by atoms with van der Waals surface area (Å²) in [6.07, 6.45) is -10.1. The van der Waals surface area contributed by atoms with Crippen LogP contribution in [0.4, 0.5) is 32.0 Å². The maximum absolute atomic E-state index is 13.1. The Labute approximate surface area is 261 Å². The van der Waals surface area contributed by atoms with Gasteiger partial charge in [0.05, 0.1) is 53.9 Å². The summed E-state index contributed by atoms with van der Waals surface area (Å²) in [5.41, 5.74) is 0.293. The van der Waals surface area contributed by atoms with Crippen molar-refractivity contribution in [2.24, 2.45) is 0 Å². The molecule has 8 nitrogen and oxygen atoms in total. The van der Waals surface area contributed by atoms with Crippen molar-refractivity contribution in [3.63, 3.8) is 0 Å². The molecule has 3 atom stereocenters. The van der Waals surface area contributed by atoms with Crippen molar-refractivity contribution >= 4 is 21.4 Å². The average Bonchev–Trinajstić information content (AvgIpc) is 3.42. The molecular weight excluding hydrogens is 640 g/mol. The van der Waals surface area contributed by atoms with Crippen molar-refractivity contribution in [3.05, 3.63) is 89.5 Å². The summed E-state index contributed by atoms with van der Waals surface area (Å²) in [4.78, 5) is 14.8. The Hall–Kier alpha value is -4.29. The van der Waals surface area contributed by atoms with Gasteiger partial charge in [-0.25, -0.2) is 8.42 Å². The third kappa shape index (κ3) is 8.91. The Bertz CT molecular complexity index is 1640. The van der Waals surface area contributed by atoms with Crippen molar-refractivity contribution in [1.29, 1.82) is 5.26 Å². The Balaban J connectivity index is 1.47. The molecule has 0 spiro atoms. The molecule has 246 valence electrons. The molecule has 3 aromatic rings. The minimum absolute atomic E-state index is 0.0769. The highest BCUT2D eigenvalue weighted by molar-refractivity contribution is 7.91. The van der Waals surface area contributed by atoms with Crippen LogP contribution >= 0.6 is 0 Å². The van der Waals surface area contributed by atoms with E-state index in [1.165, 1.54) is 55.5 Å². The van der Waals surface area contributed by atoms with Crippen LogP contribution in [0.1, 0.15) is 47.3 Å². The number of ether oxygens (including phenoxy) is 2. The lowest BCUT2D eigenvalue weighted by molar-refractivity contribution is -0.325. The lowest BCUT2D eigenvalue weighted by Gasteiger charge is -2.26. The summed E-state index contributed by atoms with van der Waals surface area (Å²) in [7, 11) is -3.44. The van der Waals surface area contributed by atoms with Crippen LogP contribution in [0.15, 0.2) is 77.7 Å². The molecule has 1 heterocycles. The van der Waals surface area contributed by atoms with E-state index in [2.05, 4.69) is 10.1 Å². The van der Waals surface area contributed by atoms with E-state index in [1.807, 2.05) is 6.07 Å². The first-order valence-corrected chi connectivity index (χ1v) is 15.7. The largest absolute Gasteiger partial charge is 0.522 e. The summed E-state index contributed by atoms with van der Waals surface area (Å²) < 4.78 is 111. The molecule has 1 unspecified atom stereocenters. The third-order valence-corrected chi connectivity index (χ3v) is 9.13. The second-order valence-corrected chi connectivity index (χ2v) is 12.7. The molecule has 1 fully saturated rings. The fourth-order valence-corrected chi connectivity index (χ4v) is 5.89. The Morgan fingerprint density at radius 2 is 1.63 bits per heavy atom. The second kappa shape index (κ2) is 14.0. The van der Waals surface area contributed by atoms with E-state index >= 15 is 0 Å². The molecule has 0 radical (unpaired) electrons. The first kappa shape index (κ1) is 34.6. The molecule has 1 aliphatic rings. The number of halogens is 6. The van der Waals surface area contributed by atoms with Crippen molar-refractivity contribution < 1.29 is 49.0 Å². The van der Waals surface area contributed by atoms with Gasteiger partial charge in [-0.3, -0.25) is 9.53 Å². The average molecular weight is 670 g/mol. The topological polar surface area (TPSA) is 109 Å². The van der Waals surface area contributed by atoms with Gasteiger partial charge in [-0.2, -0.15) is 18.4 Å². The number of carbonyl (C=O) groups is 1. The minimum Gasteiger partial charge on any atom is -0.489 e. The molecule has 0 aromatic heterocycles. The molecule has 1 N–H and O–H groups in total. The normalized spacial score (nSPS) is 17.7. The number of nitrogens with zero attached hydrogens (tertiary/aromatic N) is 2. The molecule has 1 amide bonds. The van der Waals surface area contributed by atoms with Crippen LogP contribution in [-0.2, 0) is 20.8 Å². The molecule has 4 rings (SSSR count). The number of hydrogen-bond acceptors (Lipinski definition) is 7. The number of hydrogen-bond donors (Lipinski definition) is 1. The van der Waals surface area contributed by atoms with E-state index in [9.17, 15) is 44.8 Å². The van der Waals surface area contributed by atoms with Gasteiger partial charge in [0.15, 0.2) is 9.84 Å². The van der Waals surface area contributed by atoms with E-state index in [-0.39, 0.29) is 41.3 Å². The van der Waals surface area contributed by atoms with Crippen LogP contribution in [0.25, 0.3) is 0 Å². The molecule has 0 bridgehead atoms. The highest BCUT2D eigenvalue weighted by Gasteiger charge is 2.38. The number of nitrogens with one attached hydrogen (secondary N) is 1. The second-order valence-electron chi connectivity index (χ2n) is 10.5. The van der Waals surface area contributed by atoms with Crippen molar-refractivity contribution in [3.8, 4) is 11.8 Å². The summed E-state index contributed by atoms with van der Waals surface area (Å²) in [6.45, 7) is 0.877. The summed E-state index contributed by atoms with van der Waals surface area (Å²) >= 11 is 0. The molecular formula is C31H29F6N3O5S. The van der Waals surface area contributed by atoms with Gasteiger partial charge in [0.1, 0.15) is 11.9 Å². The highest BCUT2D eigenvalue weighted by Crippen LogP contribution is 2.33. The van der Waals surface area contributed by atoms with Crippen LogP contribution < -0.4 is 15.0 Å². The molecule has 46 heavy (non-hydrogen) atoms. The quantitative estimate of drug-likeness (QED) is 0.234. The molecule has 15 heteroatoms. The van der Waals surface area contributed by atoms with E-state index in [4.69, 9.17) is 4.74 Å². The molecule has 1 aliphatic heterocycles. The summed E-state index contributed by atoms with van der Waals surface area (Å²) in [5, 5.41) is 12.0. The summed E-state index contributed by atoms with van der Waals surface area (Å²) in [6, 6.07) is 16.2. The maximum atomic E-state index is 13.1. The smallest absolute Gasteiger partial charge is 0.489 e. The van der Waals surface area contributed by atoms with E-state index in [1.54, 1.807) is 4.90 Å². The number of alkyl halides is 6. The van der Waals surface area contributed by atoms with E-state index < -0.39 is 58.6 Å². The van der Waals surface area contributed by atoms with E-state index in [0.717, 1.165) is 24.3 Å². The van der Waals surface area contributed by atoms with Gasteiger partial charge in [-0.15, -0.1) is 13.2 Å². The number of sulfone groups is 1. The monoisotopic (exact) mass is 669 g/mol. The zero-order valence-electron chi connectivity index (χ0n) is 24.3. The Morgan fingerprint density at radius 1 is 1.00 bits per heavy atom. The Kier molecular flexibility index (Phi) is 10.5. The lowest BCUT2D eigenvalue weighted by atomic mass is 10.0. The fourth-order valence-electron chi connectivity index (χ4n) is 5.00. The molecule has 0 saturated carbocycles. The van der Waals surface area contributed by atoms with Crippen LogP contribution in [-0.4, -0.2) is 51.7 Å². The van der Waals surface area contributed by atoms with Crippen LogP contribution in [0.3, 0.4) is 0 Å². The van der Waals surface area contributed by atoms with Gasteiger partial charge >= 0.3 is 12.5 Å². The van der Waals surface area contributed by atoms with Crippen LogP contribution in [0.2, 0.25) is 0 Å². The third-order valence-electron chi connectivity index (χ3n) is 7.38. The highest BCUT2D eigenvalue weighted by atomic mass is 32.2. The van der Waals surface area contributed by atoms with Gasteiger partial charge in [0.2, 0.25) is 0 Å². The van der Waals surface area contributed by atoms with Gasteiger partial charge in [-0.05, 0) is 66.2 Å². The predicted octanol–water partition coefficient (Wildman–Crippen LogP) is 6.45. The van der Waals surface area contributed by atoms with Gasteiger partial charge < -0.3 is 15.0 Å². The van der Waals surface area contributed by atoms with Crippen LogP contribution in [0.5, 0.6) is 5.75 Å². The number of anilines is 1. The van der Waals surface area contributed by atoms with Gasteiger partial charge in [0, 0.05) is 17.7 Å². The van der Waals surface area contributed by atoms with Crippen molar-refractivity contribution in [2.45, 2.75) is 55.4 Å². The first-order chi connectivity index (χ1) is 21.6. The number of carbonyl (C=O) groups excluding carboxylic acids is 1. The zero-order valence-corrected chi connectivity index (χ0v) is 25.1. The standard InChI is InChI=1S/C31H29F6N3O5S/c1-2-46(42,43)27-13-5-20(6-14-27)28(15-16-38)39-29(41)21-3-9-23(10-4-21)40-18-26(17-24(40)19-44-31(35,36)37)45-25-11-7-22(8-12-25)30(32,33)34/h3-14,24,26,28H,2,15,17-19H2,1H3,(H,39,41)/t24-,26?,28-/m0/s1. The van der Waals surface area contributed by atoms with Crippen LogP contribution in [0, 0.1) is 11.3 Å². The Morgan fingerprint density at radius 3 is 2.17 bits per heavy atom. The molecule has 0 aliphatic carbocycles. The fraction of sp³-hybridized carbons (Fsp3) is 0.355. The lowest BCUT2D eigenvalue weighted by Crippen LogP contribution is -2.35. The first-order valence-electron chi connectivity index (χ1n) is 14.0.